The number of hydrogen-bond acceptors (Lipinski definition) is 7. The maximum Gasteiger partial charge on any atom is 0.284 e. The lowest BCUT2D eigenvalue weighted by Gasteiger charge is -2.30. The van der Waals surface area contributed by atoms with Crippen LogP contribution in [0.4, 0.5) is 11.4 Å². The number of aliphatic imine (C=N–C) groups is 1. The van der Waals surface area contributed by atoms with Crippen molar-refractivity contribution >= 4 is 46.0 Å². The lowest BCUT2D eigenvalue weighted by atomic mass is 10.0. The molecule has 1 aliphatic heterocycles. The number of nitro benzene ring substituents is 1. The quantitative estimate of drug-likeness (QED) is 0.291. The second-order valence-corrected chi connectivity index (χ2v) is 10.2. The first kappa shape index (κ1) is 23.8. The molecule has 0 aromatic heterocycles. The van der Waals surface area contributed by atoms with Crippen LogP contribution in [0.2, 0.25) is 0 Å². The number of nitrogens with zero attached hydrogens (tertiary/aromatic N) is 3. The summed E-state index contributed by atoms with van der Waals surface area (Å²) >= 11 is 2.76. The highest BCUT2D eigenvalue weighted by Gasteiger charge is 2.42. The third-order valence-corrected chi connectivity index (χ3v) is 7.68. The van der Waals surface area contributed by atoms with E-state index >= 15 is 0 Å². The van der Waals surface area contributed by atoms with Gasteiger partial charge in [-0.2, -0.15) is 0 Å². The molecular weight excluding hydrogens is 470 g/mol. The minimum absolute atomic E-state index is 0.104. The Hall–Kier alpha value is -3.30. The first-order chi connectivity index (χ1) is 16.3. The average Bonchev–Trinajstić information content (AvgIpc) is 3.13. The summed E-state index contributed by atoms with van der Waals surface area (Å²) in [5.74, 6) is 0.921. The first-order valence-corrected chi connectivity index (χ1v) is 12.3. The van der Waals surface area contributed by atoms with Gasteiger partial charge in [-0.3, -0.25) is 19.8 Å². The Morgan fingerprint density at radius 2 is 1.82 bits per heavy atom. The largest absolute Gasteiger partial charge is 0.494 e. The predicted octanol–water partition coefficient (Wildman–Crippen LogP) is 6.41. The van der Waals surface area contributed by atoms with Crippen LogP contribution >= 0.6 is 23.5 Å². The molecule has 1 heterocycles. The van der Waals surface area contributed by atoms with Gasteiger partial charge in [-0.05, 0) is 50.2 Å². The molecule has 0 N–H and O–H groups in total. The van der Waals surface area contributed by atoms with E-state index in [1.54, 1.807) is 24.1 Å². The molecule has 1 saturated heterocycles. The number of carbonyl (C=O) groups is 1. The van der Waals surface area contributed by atoms with E-state index in [-0.39, 0.29) is 17.2 Å². The fourth-order valence-electron chi connectivity index (χ4n) is 3.52. The lowest BCUT2D eigenvalue weighted by molar-refractivity contribution is -0.387. The number of hydrogen-bond donors (Lipinski definition) is 0. The SMILES string of the molecule is COc1ccccc1N=C1SCC(C)(C)N1C(=O)c1ccc(Sc2ccccc2)c([N+](=O)[O-])c1. The maximum atomic E-state index is 13.6. The van der Waals surface area contributed by atoms with Crippen molar-refractivity contribution in [1.82, 2.24) is 4.90 Å². The van der Waals surface area contributed by atoms with E-state index in [1.165, 1.54) is 29.6 Å². The van der Waals surface area contributed by atoms with Crippen molar-refractivity contribution in [3.63, 3.8) is 0 Å². The van der Waals surface area contributed by atoms with Crippen molar-refractivity contribution in [2.45, 2.75) is 29.2 Å². The van der Waals surface area contributed by atoms with E-state index in [2.05, 4.69) is 0 Å². The Bertz CT molecular complexity index is 1260. The van der Waals surface area contributed by atoms with Gasteiger partial charge in [0.05, 0.1) is 22.5 Å². The molecule has 174 valence electrons. The van der Waals surface area contributed by atoms with Crippen LogP contribution in [-0.4, -0.2) is 39.3 Å². The molecule has 9 heteroatoms. The van der Waals surface area contributed by atoms with E-state index < -0.39 is 10.5 Å². The van der Waals surface area contributed by atoms with Gasteiger partial charge in [-0.15, -0.1) is 0 Å². The molecule has 3 aromatic carbocycles. The highest BCUT2D eigenvalue weighted by molar-refractivity contribution is 8.14. The number of rotatable bonds is 6. The Morgan fingerprint density at radius 3 is 2.53 bits per heavy atom. The van der Waals surface area contributed by atoms with Crippen molar-refractivity contribution in [2.75, 3.05) is 12.9 Å². The van der Waals surface area contributed by atoms with E-state index in [1.807, 2.05) is 68.4 Å². The summed E-state index contributed by atoms with van der Waals surface area (Å²) in [7, 11) is 1.57. The summed E-state index contributed by atoms with van der Waals surface area (Å²) in [4.78, 5) is 32.7. The van der Waals surface area contributed by atoms with E-state index in [0.717, 1.165) is 4.90 Å². The Kier molecular flexibility index (Phi) is 6.95. The van der Waals surface area contributed by atoms with Crippen molar-refractivity contribution in [1.29, 1.82) is 0 Å². The fourth-order valence-corrected chi connectivity index (χ4v) is 5.68. The van der Waals surface area contributed by atoms with Gasteiger partial charge >= 0.3 is 0 Å². The third-order valence-electron chi connectivity index (χ3n) is 5.23. The minimum atomic E-state index is -0.519. The van der Waals surface area contributed by atoms with E-state index in [9.17, 15) is 14.9 Å². The summed E-state index contributed by atoms with van der Waals surface area (Å²) in [5.41, 5.74) is 0.234. The van der Waals surface area contributed by atoms with Crippen LogP contribution in [0, 0.1) is 10.1 Å². The summed E-state index contributed by atoms with van der Waals surface area (Å²) in [5, 5.41) is 12.4. The van der Waals surface area contributed by atoms with Gasteiger partial charge in [-0.25, -0.2) is 4.99 Å². The monoisotopic (exact) mass is 493 g/mol. The number of carbonyl (C=O) groups excluding carboxylic acids is 1. The van der Waals surface area contributed by atoms with Crippen molar-refractivity contribution in [2.24, 2.45) is 4.99 Å². The van der Waals surface area contributed by atoms with E-state index in [0.29, 0.717) is 27.3 Å². The maximum absolute atomic E-state index is 13.6. The summed E-state index contributed by atoms with van der Waals surface area (Å²) in [6.07, 6.45) is 0. The van der Waals surface area contributed by atoms with Crippen molar-refractivity contribution in [3.05, 3.63) is 88.5 Å². The second-order valence-electron chi connectivity index (χ2n) is 8.16. The van der Waals surface area contributed by atoms with Crippen LogP contribution in [0.5, 0.6) is 5.75 Å². The van der Waals surface area contributed by atoms with Gasteiger partial charge in [0.2, 0.25) is 0 Å². The van der Waals surface area contributed by atoms with E-state index in [4.69, 9.17) is 9.73 Å². The molecule has 7 nitrogen and oxygen atoms in total. The summed E-state index contributed by atoms with van der Waals surface area (Å²) in [6, 6.07) is 21.4. The van der Waals surface area contributed by atoms with Crippen LogP contribution < -0.4 is 4.74 Å². The zero-order chi connectivity index (χ0) is 24.3. The van der Waals surface area contributed by atoms with Crippen LogP contribution in [0.3, 0.4) is 0 Å². The van der Waals surface area contributed by atoms with Gasteiger partial charge in [0.15, 0.2) is 5.17 Å². The normalized spacial score (nSPS) is 16.0. The van der Waals surface area contributed by atoms with Gasteiger partial charge in [0.25, 0.3) is 11.6 Å². The van der Waals surface area contributed by atoms with Gasteiger partial charge in [0.1, 0.15) is 11.4 Å². The van der Waals surface area contributed by atoms with Crippen LogP contribution in [0.15, 0.2) is 87.6 Å². The molecule has 0 bridgehead atoms. The number of benzene rings is 3. The number of nitro groups is 1. The fraction of sp³-hybridized carbons (Fsp3) is 0.200. The number of amidine groups is 1. The lowest BCUT2D eigenvalue weighted by Crippen LogP contribution is -2.46. The Balaban J connectivity index is 1.70. The highest BCUT2D eigenvalue weighted by Crippen LogP contribution is 2.39. The molecular formula is C25H23N3O4S2. The topological polar surface area (TPSA) is 85.0 Å². The zero-order valence-corrected chi connectivity index (χ0v) is 20.6. The predicted molar refractivity (Wildman–Crippen MR) is 136 cm³/mol. The molecule has 3 aromatic rings. The first-order valence-electron chi connectivity index (χ1n) is 10.5. The number of thioether (sulfide) groups is 1. The standard InChI is InChI=1S/C25H23N3O4S2/c1-25(2)16-33-24(26-19-11-7-8-12-21(19)32-3)27(25)23(29)17-13-14-22(20(15-17)28(30)31)34-18-9-5-4-6-10-18/h4-15H,16H2,1-3H3. The molecule has 0 radical (unpaired) electrons. The Morgan fingerprint density at radius 1 is 1.12 bits per heavy atom. The van der Waals surface area contributed by atoms with Gasteiger partial charge in [0, 0.05) is 22.3 Å². The second kappa shape index (κ2) is 9.90. The van der Waals surface area contributed by atoms with Crippen molar-refractivity contribution in [3.8, 4) is 5.75 Å². The summed E-state index contributed by atoms with van der Waals surface area (Å²) < 4.78 is 5.39. The molecule has 34 heavy (non-hydrogen) atoms. The number of para-hydroxylation sites is 2. The minimum Gasteiger partial charge on any atom is -0.494 e. The smallest absolute Gasteiger partial charge is 0.284 e. The Labute approximate surface area is 206 Å². The molecule has 0 unspecified atom stereocenters. The number of amides is 1. The van der Waals surface area contributed by atoms with Gasteiger partial charge < -0.3 is 4.74 Å². The van der Waals surface area contributed by atoms with Crippen LogP contribution in [0.25, 0.3) is 0 Å². The van der Waals surface area contributed by atoms with Crippen molar-refractivity contribution < 1.29 is 14.5 Å². The van der Waals surface area contributed by atoms with Crippen LogP contribution in [-0.2, 0) is 0 Å². The molecule has 0 atom stereocenters. The molecule has 1 amide bonds. The molecule has 1 aliphatic rings. The zero-order valence-electron chi connectivity index (χ0n) is 18.9. The molecule has 4 rings (SSSR count). The van der Waals surface area contributed by atoms with Crippen LogP contribution in [0.1, 0.15) is 24.2 Å². The van der Waals surface area contributed by atoms with Gasteiger partial charge in [-0.1, -0.05) is 53.9 Å². The number of methoxy groups -OCH3 is 1. The highest BCUT2D eigenvalue weighted by atomic mass is 32.2. The molecule has 0 spiro atoms. The third kappa shape index (κ3) is 4.95. The molecule has 1 fully saturated rings. The molecule has 0 aliphatic carbocycles. The molecule has 0 saturated carbocycles. The number of ether oxygens (including phenoxy) is 1. The average molecular weight is 494 g/mol. The summed E-state index contributed by atoms with van der Waals surface area (Å²) in [6.45, 7) is 3.91.